The predicted molar refractivity (Wildman–Crippen MR) is 120 cm³/mol. The van der Waals surface area contributed by atoms with Crippen molar-refractivity contribution < 1.29 is 4.79 Å². The second-order valence-corrected chi connectivity index (χ2v) is 8.57. The van der Waals surface area contributed by atoms with Crippen LogP contribution in [0, 0.1) is 5.92 Å². The molecule has 6 heteroatoms. The van der Waals surface area contributed by atoms with Crippen molar-refractivity contribution in [2.45, 2.75) is 52.4 Å². The van der Waals surface area contributed by atoms with Crippen LogP contribution < -0.4 is 0 Å². The molecule has 3 rings (SSSR count). The molecule has 1 atom stereocenters. The van der Waals surface area contributed by atoms with Crippen LogP contribution in [-0.4, -0.2) is 20.3 Å². The second kappa shape index (κ2) is 9.73. The fourth-order valence-corrected chi connectivity index (χ4v) is 4.10. The van der Waals surface area contributed by atoms with Gasteiger partial charge in [-0.2, -0.15) is 0 Å². The Morgan fingerprint density at radius 2 is 1.93 bits per heavy atom. The minimum Gasteiger partial charge on any atom is -0.316 e. The molecule has 0 aliphatic carbocycles. The number of pyridine rings is 1. The van der Waals surface area contributed by atoms with E-state index in [1.54, 1.807) is 6.20 Å². The number of Topliss-reactive ketones (excluding diaryl/α,β-unsaturated/α-hetero) is 1. The maximum Gasteiger partial charge on any atom is 0.164 e. The largest absolute Gasteiger partial charge is 0.316 e. The Labute approximate surface area is 182 Å². The van der Waals surface area contributed by atoms with Gasteiger partial charge in [0.05, 0.1) is 0 Å². The minimum atomic E-state index is 0.129. The molecule has 154 valence electrons. The lowest BCUT2D eigenvalue weighted by Crippen LogP contribution is -2.07. The zero-order valence-corrected chi connectivity index (χ0v) is 18.7. The molecule has 0 saturated carbocycles. The fraction of sp³-hybridized carbons (Fsp3) is 0.435. The van der Waals surface area contributed by atoms with Crippen LogP contribution in [0.15, 0.2) is 30.5 Å². The van der Waals surface area contributed by atoms with Crippen LogP contribution in [-0.2, 0) is 13.5 Å². The third kappa shape index (κ3) is 5.18. The van der Waals surface area contributed by atoms with Crippen LogP contribution in [0.25, 0.3) is 11.2 Å². The van der Waals surface area contributed by atoms with E-state index in [4.69, 9.17) is 28.2 Å². The standard InChI is InChI=1S/C23H27Cl2N3O/c1-4-5-6-8-15(2)11-21(29)16-12-20-23(26-14-16)28(3)22(27-20)13-17-18(24)9-7-10-19(17)25/h7,9-10,12,14-15H,4-6,8,11,13H2,1-3H3/t15-/m1/s1. The van der Waals surface area contributed by atoms with Crippen LogP contribution >= 0.6 is 23.2 Å². The van der Waals surface area contributed by atoms with Crippen molar-refractivity contribution in [2.24, 2.45) is 13.0 Å². The lowest BCUT2D eigenvalue weighted by Gasteiger charge is -2.10. The quantitative estimate of drug-likeness (QED) is 0.281. The van der Waals surface area contributed by atoms with Crippen LogP contribution in [0.4, 0.5) is 0 Å². The molecule has 29 heavy (non-hydrogen) atoms. The number of nitrogens with zero attached hydrogens (tertiary/aromatic N) is 3. The van der Waals surface area contributed by atoms with Crippen LogP contribution in [0.3, 0.4) is 0 Å². The summed E-state index contributed by atoms with van der Waals surface area (Å²) in [4.78, 5) is 21.9. The first-order valence-electron chi connectivity index (χ1n) is 10.2. The maximum atomic E-state index is 12.7. The van der Waals surface area contributed by atoms with Gasteiger partial charge in [0.2, 0.25) is 0 Å². The Kier molecular flexibility index (Phi) is 7.31. The van der Waals surface area contributed by atoms with E-state index in [2.05, 4.69) is 18.8 Å². The van der Waals surface area contributed by atoms with Crippen molar-refractivity contribution in [3.05, 3.63) is 57.5 Å². The summed E-state index contributed by atoms with van der Waals surface area (Å²) >= 11 is 12.6. The number of benzene rings is 1. The summed E-state index contributed by atoms with van der Waals surface area (Å²) in [7, 11) is 1.92. The van der Waals surface area contributed by atoms with Gasteiger partial charge in [-0.1, -0.05) is 68.8 Å². The van der Waals surface area contributed by atoms with Gasteiger partial charge in [0, 0.05) is 41.7 Å². The Hall–Kier alpha value is -1.91. The van der Waals surface area contributed by atoms with Gasteiger partial charge in [0.1, 0.15) is 11.3 Å². The zero-order valence-electron chi connectivity index (χ0n) is 17.2. The topological polar surface area (TPSA) is 47.8 Å². The van der Waals surface area contributed by atoms with E-state index in [0.717, 1.165) is 29.0 Å². The van der Waals surface area contributed by atoms with Crippen LogP contribution in [0.2, 0.25) is 10.0 Å². The smallest absolute Gasteiger partial charge is 0.164 e. The molecule has 2 aromatic heterocycles. The molecular formula is C23H27Cl2N3O. The van der Waals surface area contributed by atoms with Crippen molar-refractivity contribution in [3.8, 4) is 0 Å². The van der Waals surface area contributed by atoms with Gasteiger partial charge >= 0.3 is 0 Å². The third-order valence-electron chi connectivity index (χ3n) is 5.35. The first-order valence-corrected chi connectivity index (χ1v) is 10.9. The number of aromatic nitrogens is 3. The van der Waals surface area contributed by atoms with Crippen molar-refractivity contribution in [1.82, 2.24) is 14.5 Å². The summed E-state index contributed by atoms with van der Waals surface area (Å²) in [6.45, 7) is 4.34. The van der Waals surface area contributed by atoms with Gasteiger partial charge < -0.3 is 4.57 Å². The Morgan fingerprint density at radius 1 is 1.21 bits per heavy atom. The predicted octanol–water partition coefficient (Wildman–Crippen LogP) is 6.66. The van der Waals surface area contributed by atoms with Gasteiger partial charge in [-0.3, -0.25) is 4.79 Å². The van der Waals surface area contributed by atoms with Gasteiger partial charge in [0.15, 0.2) is 11.4 Å². The average Bonchev–Trinajstić information content (AvgIpc) is 3.00. The molecule has 4 nitrogen and oxygen atoms in total. The highest BCUT2D eigenvalue weighted by Crippen LogP contribution is 2.27. The number of imidazole rings is 1. The lowest BCUT2D eigenvalue weighted by atomic mass is 9.95. The van der Waals surface area contributed by atoms with Crippen LogP contribution in [0.5, 0.6) is 0 Å². The van der Waals surface area contributed by atoms with Crippen molar-refractivity contribution in [1.29, 1.82) is 0 Å². The van der Waals surface area contributed by atoms with Crippen LogP contribution in [0.1, 0.15) is 67.7 Å². The van der Waals surface area contributed by atoms with E-state index in [0.29, 0.717) is 34.4 Å². The summed E-state index contributed by atoms with van der Waals surface area (Å²) in [5.74, 6) is 1.32. The molecule has 0 radical (unpaired) electrons. The Bertz CT molecular complexity index is 993. The monoisotopic (exact) mass is 431 g/mol. The molecule has 0 aliphatic heterocycles. The first kappa shape index (κ1) is 21.8. The van der Waals surface area contributed by atoms with E-state index in [9.17, 15) is 4.79 Å². The molecule has 2 heterocycles. The first-order chi connectivity index (χ1) is 13.9. The average molecular weight is 432 g/mol. The van der Waals surface area contributed by atoms with E-state index < -0.39 is 0 Å². The number of carbonyl (C=O) groups excluding carboxylic acids is 1. The number of halogens is 2. The number of unbranched alkanes of at least 4 members (excludes halogenated alkanes) is 2. The SMILES string of the molecule is CCCCC[C@@H](C)CC(=O)c1cnc2c(c1)nc(Cc1c(Cl)cccc1Cl)n2C. The zero-order chi connectivity index (χ0) is 21.0. The Balaban J connectivity index is 1.79. The molecule has 1 aromatic carbocycles. The van der Waals surface area contributed by atoms with E-state index >= 15 is 0 Å². The third-order valence-corrected chi connectivity index (χ3v) is 6.06. The van der Waals surface area contributed by atoms with Crippen molar-refractivity contribution in [2.75, 3.05) is 0 Å². The van der Waals surface area contributed by atoms with Gasteiger partial charge in [0.25, 0.3) is 0 Å². The number of carbonyl (C=O) groups is 1. The molecule has 3 aromatic rings. The molecule has 0 saturated heterocycles. The fourth-order valence-electron chi connectivity index (χ4n) is 3.57. The number of hydrogen-bond donors (Lipinski definition) is 0. The molecule has 0 spiro atoms. The highest BCUT2D eigenvalue weighted by atomic mass is 35.5. The van der Waals surface area contributed by atoms with Gasteiger partial charge in [-0.25, -0.2) is 9.97 Å². The molecule has 0 N–H and O–H groups in total. The summed E-state index contributed by atoms with van der Waals surface area (Å²) in [5.41, 5.74) is 2.93. The molecule has 0 bridgehead atoms. The van der Waals surface area contributed by atoms with E-state index in [1.165, 1.54) is 19.3 Å². The number of hydrogen-bond acceptors (Lipinski definition) is 3. The molecule has 0 fully saturated rings. The van der Waals surface area contributed by atoms with Gasteiger partial charge in [-0.15, -0.1) is 0 Å². The van der Waals surface area contributed by atoms with E-state index in [-0.39, 0.29) is 5.78 Å². The Morgan fingerprint density at radius 3 is 2.62 bits per heavy atom. The maximum absolute atomic E-state index is 12.7. The summed E-state index contributed by atoms with van der Waals surface area (Å²) in [6, 6.07) is 7.32. The molecule has 0 aliphatic rings. The normalized spacial score (nSPS) is 12.4. The van der Waals surface area contributed by atoms with E-state index in [1.807, 2.05) is 35.9 Å². The number of aryl methyl sites for hydroxylation is 1. The number of ketones is 1. The summed E-state index contributed by atoms with van der Waals surface area (Å²) in [6.07, 6.45) is 7.39. The number of fused-ring (bicyclic) bond motifs is 1. The minimum absolute atomic E-state index is 0.129. The molecule has 0 amide bonds. The highest BCUT2D eigenvalue weighted by Gasteiger charge is 2.17. The number of rotatable bonds is 9. The summed E-state index contributed by atoms with van der Waals surface area (Å²) < 4.78 is 1.93. The second-order valence-electron chi connectivity index (χ2n) is 7.76. The van der Waals surface area contributed by atoms with Crippen molar-refractivity contribution in [3.63, 3.8) is 0 Å². The van der Waals surface area contributed by atoms with Crippen molar-refractivity contribution >= 4 is 40.1 Å². The van der Waals surface area contributed by atoms with Gasteiger partial charge in [-0.05, 0) is 29.7 Å². The molecule has 0 unspecified atom stereocenters. The molecular weight excluding hydrogens is 405 g/mol. The highest BCUT2D eigenvalue weighted by molar-refractivity contribution is 6.36. The summed E-state index contributed by atoms with van der Waals surface area (Å²) in [5, 5.41) is 1.23. The lowest BCUT2D eigenvalue weighted by molar-refractivity contribution is 0.0962.